The molecule has 2 aliphatic heterocycles. The van der Waals surface area contributed by atoms with Crippen molar-refractivity contribution in [2.45, 2.75) is 12.8 Å². The molecule has 2 aromatic carbocycles. The van der Waals surface area contributed by atoms with Crippen molar-refractivity contribution in [3.05, 3.63) is 59.2 Å². The van der Waals surface area contributed by atoms with Crippen LogP contribution in [0.1, 0.15) is 21.5 Å². The molecule has 1 aromatic heterocycles. The zero-order chi connectivity index (χ0) is 23.2. The lowest BCUT2D eigenvalue weighted by molar-refractivity contribution is -0.137. The molecule has 33 heavy (non-hydrogen) atoms. The van der Waals surface area contributed by atoms with E-state index in [1.54, 1.807) is 28.0 Å². The summed E-state index contributed by atoms with van der Waals surface area (Å²) >= 11 is 0. The molecule has 0 bridgehead atoms. The number of rotatable bonds is 3. The summed E-state index contributed by atoms with van der Waals surface area (Å²) < 4.78 is 43.2. The van der Waals surface area contributed by atoms with Gasteiger partial charge in [-0.05, 0) is 35.9 Å². The third kappa shape index (κ3) is 4.22. The van der Waals surface area contributed by atoms with Crippen molar-refractivity contribution < 1.29 is 27.5 Å². The average Bonchev–Trinajstić information content (AvgIpc) is 3.50. The van der Waals surface area contributed by atoms with Gasteiger partial charge in [-0.25, -0.2) is 4.79 Å². The van der Waals surface area contributed by atoms with Crippen LogP contribution in [0.3, 0.4) is 0 Å². The van der Waals surface area contributed by atoms with Gasteiger partial charge in [0.05, 0.1) is 5.56 Å². The Bertz CT molecular complexity index is 1180. The highest BCUT2D eigenvalue weighted by atomic mass is 19.4. The molecule has 3 aromatic rings. The van der Waals surface area contributed by atoms with Gasteiger partial charge in [-0.2, -0.15) is 28.6 Å². The van der Waals surface area contributed by atoms with Crippen molar-refractivity contribution in [1.82, 2.24) is 25.2 Å². The Morgan fingerprint density at radius 1 is 0.939 bits per heavy atom. The normalized spacial score (nSPS) is 20.3. The van der Waals surface area contributed by atoms with E-state index < -0.39 is 17.8 Å². The minimum Gasteiger partial charge on any atom is -0.445 e. The van der Waals surface area contributed by atoms with Crippen LogP contribution in [0.5, 0.6) is 0 Å². The average molecular weight is 459 g/mol. The third-order valence-electron chi connectivity index (χ3n) is 6.24. The number of nitrogens with zero attached hydrogens (tertiary/aromatic N) is 4. The predicted octanol–water partition coefficient (Wildman–Crippen LogP) is 3.32. The summed E-state index contributed by atoms with van der Waals surface area (Å²) in [6.07, 6.45) is -4.90. The second kappa shape index (κ2) is 8.05. The molecule has 0 aliphatic carbocycles. The molecule has 2 aliphatic rings. The highest BCUT2D eigenvalue weighted by molar-refractivity contribution is 5.97. The molecular formula is C22H20F3N5O3. The number of hydrogen-bond acceptors (Lipinski definition) is 5. The zero-order valence-corrected chi connectivity index (χ0v) is 17.4. The van der Waals surface area contributed by atoms with Gasteiger partial charge in [-0.15, -0.1) is 0 Å². The minimum absolute atomic E-state index is 0.0780. The molecule has 0 spiro atoms. The lowest BCUT2D eigenvalue weighted by Crippen LogP contribution is -2.35. The maximum Gasteiger partial charge on any atom is 0.416 e. The summed E-state index contributed by atoms with van der Waals surface area (Å²) in [5.74, 6) is 0.234. The molecule has 0 radical (unpaired) electrons. The SMILES string of the molecule is O=C(OCc1ccc(C(F)(F)F)cc1)N1CC2CN(C(=O)c3ccc4n[nH]nc4c3)CC2C1. The molecule has 1 N–H and O–H groups in total. The monoisotopic (exact) mass is 459 g/mol. The Kier molecular flexibility index (Phi) is 5.18. The molecule has 2 unspecified atom stereocenters. The lowest BCUT2D eigenvalue weighted by Gasteiger charge is -2.21. The number of nitrogens with one attached hydrogen (secondary N) is 1. The van der Waals surface area contributed by atoms with Crippen molar-refractivity contribution in [3.8, 4) is 0 Å². The van der Waals surface area contributed by atoms with E-state index in [0.29, 0.717) is 48.3 Å². The number of halogens is 3. The molecule has 0 saturated carbocycles. The largest absolute Gasteiger partial charge is 0.445 e. The summed E-state index contributed by atoms with van der Waals surface area (Å²) in [6.45, 7) is 1.94. The molecule has 8 nitrogen and oxygen atoms in total. The standard InChI is InChI=1S/C22H20F3N5O3/c23-22(24,25)17-4-1-13(2-5-17)12-33-21(32)30-10-15-8-29(9-16(15)11-30)20(31)14-3-6-18-19(7-14)27-28-26-18/h1-7,15-16H,8-12H2,(H,26,27,28). The molecule has 3 heterocycles. The third-order valence-corrected chi connectivity index (χ3v) is 6.24. The van der Waals surface area contributed by atoms with E-state index in [0.717, 1.165) is 12.1 Å². The van der Waals surface area contributed by atoms with Gasteiger partial charge in [0.1, 0.15) is 17.6 Å². The van der Waals surface area contributed by atoms with Crippen LogP contribution in [-0.2, 0) is 17.5 Å². The topological polar surface area (TPSA) is 91.4 Å². The van der Waals surface area contributed by atoms with Crippen LogP contribution in [0.25, 0.3) is 11.0 Å². The fourth-order valence-corrected chi connectivity index (χ4v) is 4.49. The van der Waals surface area contributed by atoms with E-state index in [2.05, 4.69) is 15.4 Å². The number of likely N-dealkylation sites (tertiary alicyclic amines) is 2. The van der Waals surface area contributed by atoms with Crippen LogP contribution >= 0.6 is 0 Å². The highest BCUT2D eigenvalue weighted by Crippen LogP contribution is 2.33. The number of aromatic nitrogens is 3. The van der Waals surface area contributed by atoms with Crippen LogP contribution < -0.4 is 0 Å². The van der Waals surface area contributed by atoms with Gasteiger partial charge in [0.25, 0.3) is 5.91 Å². The Hall–Kier alpha value is -3.63. The number of aromatic amines is 1. The Labute approximate surface area is 186 Å². The molecule has 2 atom stereocenters. The number of amides is 2. The van der Waals surface area contributed by atoms with Crippen LogP contribution in [0.15, 0.2) is 42.5 Å². The Morgan fingerprint density at radius 2 is 1.58 bits per heavy atom. The molecule has 2 saturated heterocycles. The van der Waals surface area contributed by atoms with Crippen molar-refractivity contribution in [2.75, 3.05) is 26.2 Å². The van der Waals surface area contributed by atoms with Gasteiger partial charge in [0.2, 0.25) is 0 Å². The molecule has 2 amide bonds. The molecule has 5 rings (SSSR count). The zero-order valence-electron chi connectivity index (χ0n) is 17.4. The molecule has 172 valence electrons. The number of H-pyrrole nitrogens is 1. The van der Waals surface area contributed by atoms with Crippen LogP contribution in [0.2, 0.25) is 0 Å². The van der Waals surface area contributed by atoms with E-state index >= 15 is 0 Å². The van der Waals surface area contributed by atoms with Crippen LogP contribution in [-0.4, -0.2) is 63.4 Å². The first-order chi connectivity index (χ1) is 15.8. The van der Waals surface area contributed by atoms with Gasteiger partial charge in [-0.1, -0.05) is 12.1 Å². The fourth-order valence-electron chi connectivity index (χ4n) is 4.49. The Morgan fingerprint density at radius 3 is 2.24 bits per heavy atom. The van der Waals surface area contributed by atoms with Gasteiger partial charge in [-0.3, -0.25) is 4.79 Å². The smallest absolute Gasteiger partial charge is 0.416 e. The maximum absolute atomic E-state index is 12.9. The number of hydrogen-bond donors (Lipinski definition) is 1. The van der Waals surface area contributed by atoms with Crippen molar-refractivity contribution in [2.24, 2.45) is 11.8 Å². The summed E-state index contributed by atoms with van der Waals surface area (Å²) in [4.78, 5) is 28.7. The predicted molar refractivity (Wildman–Crippen MR) is 110 cm³/mol. The van der Waals surface area contributed by atoms with E-state index in [1.165, 1.54) is 12.1 Å². The van der Waals surface area contributed by atoms with Gasteiger partial charge in [0.15, 0.2) is 0 Å². The van der Waals surface area contributed by atoms with Crippen molar-refractivity contribution >= 4 is 23.0 Å². The summed E-state index contributed by atoms with van der Waals surface area (Å²) in [5, 5.41) is 10.5. The second-order valence-corrected chi connectivity index (χ2v) is 8.41. The quantitative estimate of drug-likeness (QED) is 0.649. The van der Waals surface area contributed by atoms with Crippen LogP contribution in [0.4, 0.5) is 18.0 Å². The number of alkyl halides is 3. The van der Waals surface area contributed by atoms with E-state index in [1.807, 2.05) is 0 Å². The summed E-state index contributed by atoms with van der Waals surface area (Å²) in [7, 11) is 0. The van der Waals surface area contributed by atoms with E-state index in [-0.39, 0.29) is 24.3 Å². The maximum atomic E-state index is 12.9. The first-order valence-electron chi connectivity index (χ1n) is 10.5. The fraction of sp³-hybridized carbons (Fsp3) is 0.364. The first kappa shape index (κ1) is 21.2. The van der Waals surface area contributed by atoms with Crippen molar-refractivity contribution in [1.29, 1.82) is 0 Å². The van der Waals surface area contributed by atoms with Gasteiger partial charge in [0, 0.05) is 43.6 Å². The first-order valence-corrected chi connectivity index (χ1v) is 10.5. The van der Waals surface area contributed by atoms with E-state index in [9.17, 15) is 22.8 Å². The van der Waals surface area contributed by atoms with Crippen molar-refractivity contribution in [3.63, 3.8) is 0 Å². The number of carbonyl (C=O) groups is 2. The molecular weight excluding hydrogens is 439 g/mol. The summed E-state index contributed by atoms with van der Waals surface area (Å²) in [5.41, 5.74) is 1.60. The van der Waals surface area contributed by atoms with Gasteiger partial charge >= 0.3 is 12.3 Å². The number of fused-ring (bicyclic) bond motifs is 2. The molecule has 2 fully saturated rings. The minimum atomic E-state index is -4.40. The number of carbonyl (C=O) groups excluding carboxylic acids is 2. The van der Waals surface area contributed by atoms with Crippen LogP contribution in [0, 0.1) is 11.8 Å². The second-order valence-electron chi connectivity index (χ2n) is 8.41. The summed E-state index contributed by atoms with van der Waals surface area (Å²) in [6, 6.07) is 9.72. The van der Waals surface area contributed by atoms with E-state index in [4.69, 9.17) is 4.74 Å². The number of ether oxygens (including phenoxy) is 1. The lowest BCUT2D eigenvalue weighted by atomic mass is 10.0. The number of benzene rings is 2. The molecule has 11 heteroatoms. The van der Waals surface area contributed by atoms with Gasteiger partial charge < -0.3 is 14.5 Å². The highest BCUT2D eigenvalue weighted by Gasteiger charge is 2.43. The Balaban J connectivity index is 1.13.